The van der Waals surface area contributed by atoms with Gasteiger partial charge in [0.05, 0.1) is 12.2 Å². The second kappa shape index (κ2) is 5.60. The largest absolute Gasteiger partial charge is 0.490 e. The topological polar surface area (TPSA) is 29.5 Å². The Morgan fingerprint density at radius 1 is 1.38 bits per heavy atom. The molecule has 2 rings (SSSR count). The van der Waals surface area contributed by atoms with Gasteiger partial charge in [-0.3, -0.25) is 0 Å². The number of aliphatic hydroxyl groups is 1. The normalized spacial score (nSPS) is 17.1. The van der Waals surface area contributed by atoms with Crippen LogP contribution in [0.5, 0.6) is 5.75 Å². The molecule has 1 atom stereocenters. The summed E-state index contributed by atoms with van der Waals surface area (Å²) in [6, 6.07) is 7.83. The quantitative estimate of drug-likeness (QED) is 0.826. The van der Waals surface area contributed by atoms with Crippen molar-refractivity contribution in [2.24, 2.45) is 0 Å². The van der Waals surface area contributed by atoms with Crippen LogP contribution in [0.3, 0.4) is 0 Å². The number of rotatable bonds is 6. The fraction of sp³-hybridized carbons (Fsp3) is 0.538. The standard InChI is InChI=1S/C13H18O2S/c1-16-9-8-13(14)10-2-4-11(5-3-10)15-12-6-7-12/h2-5,12-14H,6-9H2,1H3. The van der Waals surface area contributed by atoms with Crippen LogP contribution in [0.15, 0.2) is 24.3 Å². The van der Waals surface area contributed by atoms with E-state index in [2.05, 4.69) is 6.26 Å². The minimum atomic E-state index is -0.345. The van der Waals surface area contributed by atoms with E-state index in [1.54, 1.807) is 11.8 Å². The summed E-state index contributed by atoms with van der Waals surface area (Å²) in [6.45, 7) is 0. The van der Waals surface area contributed by atoms with Crippen LogP contribution in [-0.4, -0.2) is 23.2 Å². The van der Waals surface area contributed by atoms with E-state index in [0.717, 1.165) is 23.5 Å². The van der Waals surface area contributed by atoms with Crippen LogP contribution < -0.4 is 4.74 Å². The Bertz CT molecular complexity index is 319. The van der Waals surface area contributed by atoms with Crippen LogP contribution in [0.2, 0.25) is 0 Å². The Kier molecular flexibility index (Phi) is 4.13. The van der Waals surface area contributed by atoms with Crippen molar-refractivity contribution in [1.82, 2.24) is 0 Å². The first-order valence-electron chi connectivity index (χ1n) is 5.73. The smallest absolute Gasteiger partial charge is 0.119 e. The van der Waals surface area contributed by atoms with Crippen molar-refractivity contribution in [1.29, 1.82) is 0 Å². The Morgan fingerprint density at radius 3 is 2.62 bits per heavy atom. The summed E-state index contributed by atoms with van der Waals surface area (Å²) in [6.07, 6.45) is 5.31. The van der Waals surface area contributed by atoms with E-state index in [1.165, 1.54) is 12.8 Å². The predicted molar refractivity (Wildman–Crippen MR) is 68.1 cm³/mol. The van der Waals surface area contributed by atoms with Crippen molar-refractivity contribution in [2.75, 3.05) is 12.0 Å². The molecule has 0 aliphatic heterocycles. The Labute approximate surface area is 101 Å². The van der Waals surface area contributed by atoms with Gasteiger partial charge < -0.3 is 9.84 Å². The third-order valence-corrected chi connectivity index (χ3v) is 3.33. The molecule has 1 aliphatic carbocycles. The summed E-state index contributed by atoms with van der Waals surface area (Å²) in [5.41, 5.74) is 0.984. The van der Waals surface area contributed by atoms with Gasteiger partial charge in [-0.15, -0.1) is 0 Å². The third kappa shape index (κ3) is 3.42. The van der Waals surface area contributed by atoms with E-state index in [-0.39, 0.29) is 6.10 Å². The lowest BCUT2D eigenvalue weighted by Crippen LogP contribution is -2.00. The first-order chi connectivity index (χ1) is 7.79. The van der Waals surface area contributed by atoms with Gasteiger partial charge >= 0.3 is 0 Å². The Hall–Kier alpha value is -0.670. The molecule has 2 nitrogen and oxygen atoms in total. The molecular formula is C13H18O2S. The Morgan fingerprint density at radius 2 is 2.06 bits per heavy atom. The van der Waals surface area contributed by atoms with E-state index < -0.39 is 0 Å². The first kappa shape index (κ1) is 11.8. The van der Waals surface area contributed by atoms with Crippen molar-refractivity contribution in [3.8, 4) is 5.75 Å². The number of benzene rings is 1. The van der Waals surface area contributed by atoms with Crippen LogP contribution >= 0.6 is 11.8 Å². The molecule has 3 heteroatoms. The number of ether oxygens (including phenoxy) is 1. The lowest BCUT2D eigenvalue weighted by atomic mass is 10.1. The SMILES string of the molecule is CSCCC(O)c1ccc(OC2CC2)cc1. The monoisotopic (exact) mass is 238 g/mol. The minimum absolute atomic E-state index is 0.345. The van der Waals surface area contributed by atoms with Gasteiger partial charge in [0.15, 0.2) is 0 Å². The number of hydrogen-bond donors (Lipinski definition) is 1. The third-order valence-electron chi connectivity index (χ3n) is 2.69. The van der Waals surface area contributed by atoms with Gasteiger partial charge in [-0.25, -0.2) is 0 Å². The zero-order valence-electron chi connectivity index (χ0n) is 9.56. The maximum absolute atomic E-state index is 9.88. The van der Waals surface area contributed by atoms with Crippen LogP contribution in [0.25, 0.3) is 0 Å². The number of aliphatic hydroxyl groups excluding tert-OH is 1. The highest BCUT2D eigenvalue weighted by molar-refractivity contribution is 7.98. The molecule has 1 aromatic rings. The molecule has 1 N–H and O–H groups in total. The van der Waals surface area contributed by atoms with Gasteiger partial charge in [0.1, 0.15) is 5.75 Å². The van der Waals surface area contributed by atoms with Gasteiger partial charge in [0.2, 0.25) is 0 Å². The Balaban J connectivity index is 1.89. The van der Waals surface area contributed by atoms with Crippen molar-refractivity contribution < 1.29 is 9.84 Å². The van der Waals surface area contributed by atoms with Gasteiger partial charge in [0.25, 0.3) is 0 Å². The van der Waals surface area contributed by atoms with E-state index in [4.69, 9.17) is 4.74 Å². The summed E-state index contributed by atoms with van der Waals surface area (Å²) >= 11 is 1.76. The highest BCUT2D eigenvalue weighted by atomic mass is 32.2. The molecule has 0 radical (unpaired) electrons. The van der Waals surface area contributed by atoms with E-state index in [9.17, 15) is 5.11 Å². The van der Waals surface area contributed by atoms with E-state index >= 15 is 0 Å². The molecular weight excluding hydrogens is 220 g/mol. The molecule has 0 amide bonds. The van der Waals surface area contributed by atoms with Crippen molar-refractivity contribution >= 4 is 11.8 Å². The fourth-order valence-electron chi connectivity index (χ4n) is 1.54. The summed E-state index contributed by atoms with van der Waals surface area (Å²) in [4.78, 5) is 0. The number of hydrogen-bond acceptors (Lipinski definition) is 3. The van der Waals surface area contributed by atoms with Crippen LogP contribution in [-0.2, 0) is 0 Å². The predicted octanol–water partition coefficient (Wildman–Crippen LogP) is 3.01. The van der Waals surface area contributed by atoms with Gasteiger partial charge in [-0.05, 0) is 49.0 Å². The lowest BCUT2D eigenvalue weighted by molar-refractivity contribution is 0.175. The second-order valence-corrected chi connectivity index (χ2v) is 5.17. The highest BCUT2D eigenvalue weighted by Crippen LogP contribution is 2.28. The van der Waals surface area contributed by atoms with Crippen molar-refractivity contribution in [3.63, 3.8) is 0 Å². The second-order valence-electron chi connectivity index (χ2n) is 4.18. The molecule has 1 saturated carbocycles. The lowest BCUT2D eigenvalue weighted by Gasteiger charge is -2.11. The van der Waals surface area contributed by atoms with Crippen LogP contribution in [0, 0.1) is 0 Å². The van der Waals surface area contributed by atoms with Crippen LogP contribution in [0.1, 0.15) is 30.9 Å². The first-order valence-corrected chi connectivity index (χ1v) is 7.12. The molecule has 88 valence electrons. The van der Waals surface area contributed by atoms with Crippen molar-refractivity contribution in [2.45, 2.75) is 31.5 Å². The maximum Gasteiger partial charge on any atom is 0.119 e. The average molecular weight is 238 g/mol. The van der Waals surface area contributed by atoms with Crippen LogP contribution in [0.4, 0.5) is 0 Å². The molecule has 0 bridgehead atoms. The maximum atomic E-state index is 9.88. The summed E-state index contributed by atoms with van der Waals surface area (Å²) in [5.74, 6) is 1.91. The molecule has 1 fully saturated rings. The molecule has 1 unspecified atom stereocenters. The zero-order chi connectivity index (χ0) is 11.4. The van der Waals surface area contributed by atoms with E-state index in [0.29, 0.717) is 6.10 Å². The molecule has 0 spiro atoms. The zero-order valence-corrected chi connectivity index (χ0v) is 10.4. The molecule has 16 heavy (non-hydrogen) atoms. The summed E-state index contributed by atoms with van der Waals surface area (Å²) in [5, 5.41) is 9.88. The van der Waals surface area contributed by atoms with Crippen molar-refractivity contribution in [3.05, 3.63) is 29.8 Å². The summed E-state index contributed by atoms with van der Waals surface area (Å²) in [7, 11) is 0. The highest BCUT2D eigenvalue weighted by Gasteiger charge is 2.23. The van der Waals surface area contributed by atoms with Gasteiger partial charge in [-0.1, -0.05) is 12.1 Å². The average Bonchev–Trinajstić information content (AvgIpc) is 3.11. The summed E-state index contributed by atoms with van der Waals surface area (Å²) < 4.78 is 5.66. The fourth-order valence-corrected chi connectivity index (χ4v) is 2.00. The minimum Gasteiger partial charge on any atom is -0.490 e. The molecule has 1 aromatic carbocycles. The molecule has 0 aromatic heterocycles. The number of thioether (sulfide) groups is 1. The molecule has 0 heterocycles. The van der Waals surface area contributed by atoms with E-state index in [1.807, 2.05) is 24.3 Å². The molecule has 0 saturated heterocycles. The van der Waals surface area contributed by atoms with Gasteiger partial charge in [0, 0.05) is 0 Å². The molecule has 1 aliphatic rings. The van der Waals surface area contributed by atoms with Gasteiger partial charge in [-0.2, -0.15) is 11.8 Å².